The van der Waals surface area contributed by atoms with Gasteiger partial charge in [-0.2, -0.15) is 0 Å². The first-order valence-electron chi connectivity index (χ1n) is 5.94. The van der Waals surface area contributed by atoms with Crippen molar-refractivity contribution in [3.63, 3.8) is 0 Å². The van der Waals surface area contributed by atoms with Gasteiger partial charge in [-0.1, -0.05) is 6.07 Å². The van der Waals surface area contributed by atoms with Crippen LogP contribution in [0.2, 0.25) is 0 Å². The summed E-state index contributed by atoms with van der Waals surface area (Å²) in [7, 11) is 1.49. The van der Waals surface area contributed by atoms with Gasteiger partial charge in [-0.3, -0.25) is 4.79 Å². The fraction of sp³-hybridized carbons (Fsp3) is 0.462. The van der Waals surface area contributed by atoms with Gasteiger partial charge in [0.15, 0.2) is 6.61 Å². The second-order valence-electron chi connectivity index (χ2n) is 3.99. The van der Waals surface area contributed by atoms with Crippen molar-refractivity contribution in [1.82, 2.24) is 5.32 Å². The largest absolute Gasteiger partial charge is 0.484 e. The molecule has 0 saturated heterocycles. The summed E-state index contributed by atoms with van der Waals surface area (Å²) in [5, 5.41) is 11.9. The van der Waals surface area contributed by atoms with E-state index in [1.54, 1.807) is 6.07 Å². The van der Waals surface area contributed by atoms with E-state index in [1.165, 1.54) is 25.3 Å². The van der Waals surface area contributed by atoms with Crippen LogP contribution in [0.25, 0.3) is 0 Å². The maximum atomic E-state index is 12.8. The van der Waals surface area contributed by atoms with E-state index < -0.39 is 11.9 Å². The summed E-state index contributed by atoms with van der Waals surface area (Å²) >= 11 is 0. The van der Waals surface area contributed by atoms with E-state index in [2.05, 4.69) is 5.32 Å². The van der Waals surface area contributed by atoms with E-state index in [4.69, 9.17) is 9.47 Å². The van der Waals surface area contributed by atoms with Crippen molar-refractivity contribution in [3.05, 3.63) is 30.1 Å². The van der Waals surface area contributed by atoms with Gasteiger partial charge in [0, 0.05) is 19.7 Å². The molecule has 1 aromatic rings. The lowest BCUT2D eigenvalue weighted by Gasteiger charge is -2.10. The van der Waals surface area contributed by atoms with Crippen LogP contribution in [0.1, 0.15) is 6.42 Å². The second-order valence-corrected chi connectivity index (χ2v) is 3.99. The Morgan fingerprint density at radius 1 is 1.53 bits per heavy atom. The Kier molecular flexibility index (Phi) is 6.84. The SMILES string of the molecule is COCC(O)CCNC(=O)COc1cccc(F)c1. The Labute approximate surface area is 111 Å². The maximum Gasteiger partial charge on any atom is 0.257 e. The van der Waals surface area contributed by atoms with Crippen molar-refractivity contribution in [3.8, 4) is 5.75 Å². The van der Waals surface area contributed by atoms with E-state index in [9.17, 15) is 14.3 Å². The topological polar surface area (TPSA) is 67.8 Å². The Bertz CT molecular complexity index is 400. The standard InChI is InChI=1S/C13H18FNO4/c1-18-8-11(16)5-6-15-13(17)9-19-12-4-2-3-10(14)7-12/h2-4,7,11,16H,5-6,8-9H2,1H3,(H,15,17). The minimum atomic E-state index is -0.602. The number of aliphatic hydroxyl groups is 1. The van der Waals surface area contributed by atoms with Gasteiger partial charge in [0.05, 0.1) is 12.7 Å². The highest BCUT2D eigenvalue weighted by molar-refractivity contribution is 5.77. The highest BCUT2D eigenvalue weighted by atomic mass is 19.1. The zero-order valence-electron chi connectivity index (χ0n) is 10.8. The number of rotatable bonds is 8. The number of nitrogens with one attached hydrogen (secondary N) is 1. The molecule has 0 fully saturated rings. The molecule has 1 aromatic carbocycles. The summed E-state index contributed by atoms with van der Waals surface area (Å²) in [5.41, 5.74) is 0. The van der Waals surface area contributed by atoms with Gasteiger partial charge in [0.1, 0.15) is 11.6 Å². The van der Waals surface area contributed by atoms with Crippen LogP contribution in [0.4, 0.5) is 4.39 Å². The summed E-state index contributed by atoms with van der Waals surface area (Å²) in [5.74, 6) is -0.441. The second kappa shape index (κ2) is 8.44. The molecule has 106 valence electrons. The predicted octanol–water partition coefficient (Wildman–Crippen LogP) is 0.718. The van der Waals surface area contributed by atoms with Crippen molar-refractivity contribution in [2.75, 3.05) is 26.9 Å². The van der Waals surface area contributed by atoms with Crippen LogP contribution >= 0.6 is 0 Å². The number of hydrogen-bond acceptors (Lipinski definition) is 4. The van der Waals surface area contributed by atoms with E-state index in [0.717, 1.165) is 0 Å². The van der Waals surface area contributed by atoms with Crippen molar-refractivity contribution >= 4 is 5.91 Å². The summed E-state index contributed by atoms with van der Waals surface area (Å²) in [4.78, 5) is 11.4. The molecule has 0 aromatic heterocycles. The van der Waals surface area contributed by atoms with Crippen LogP contribution in [0.5, 0.6) is 5.75 Å². The molecule has 6 heteroatoms. The fourth-order valence-corrected chi connectivity index (χ4v) is 1.41. The number of carbonyl (C=O) groups excluding carboxylic acids is 1. The molecule has 0 aliphatic heterocycles. The molecule has 0 aliphatic carbocycles. The third-order valence-electron chi connectivity index (χ3n) is 2.32. The molecule has 1 rings (SSSR count). The Balaban J connectivity index is 2.18. The molecule has 19 heavy (non-hydrogen) atoms. The predicted molar refractivity (Wildman–Crippen MR) is 67.4 cm³/mol. The average molecular weight is 271 g/mol. The molecular weight excluding hydrogens is 253 g/mol. The molecule has 5 nitrogen and oxygen atoms in total. The Hall–Kier alpha value is -1.66. The van der Waals surface area contributed by atoms with Gasteiger partial charge in [0.25, 0.3) is 5.91 Å². The van der Waals surface area contributed by atoms with Crippen molar-refractivity contribution in [2.45, 2.75) is 12.5 Å². The Morgan fingerprint density at radius 3 is 3.00 bits per heavy atom. The lowest BCUT2D eigenvalue weighted by Crippen LogP contribution is -2.32. The molecule has 0 radical (unpaired) electrons. The monoisotopic (exact) mass is 271 g/mol. The van der Waals surface area contributed by atoms with Crippen LogP contribution in [0.15, 0.2) is 24.3 Å². The first kappa shape index (κ1) is 15.4. The molecule has 0 saturated carbocycles. The third-order valence-corrected chi connectivity index (χ3v) is 2.32. The number of methoxy groups -OCH3 is 1. The molecule has 0 spiro atoms. The number of benzene rings is 1. The molecule has 2 N–H and O–H groups in total. The quantitative estimate of drug-likeness (QED) is 0.731. The van der Waals surface area contributed by atoms with Crippen molar-refractivity contribution in [2.24, 2.45) is 0 Å². The molecule has 1 amide bonds. The highest BCUT2D eigenvalue weighted by Gasteiger charge is 2.06. The van der Waals surface area contributed by atoms with Gasteiger partial charge in [-0.15, -0.1) is 0 Å². The summed E-state index contributed by atoms with van der Waals surface area (Å²) in [6.07, 6.45) is -0.200. The normalized spacial score (nSPS) is 11.9. The highest BCUT2D eigenvalue weighted by Crippen LogP contribution is 2.11. The first-order chi connectivity index (χ1) is 9.11. The van der Waals surface area contributed by atoms with E-state index in [-0.39, 0.29) is 19.1 Å². The zero-order chi connectivity index (χ0) is 14.1. The number of aliphatic hydroxyl groups excluding tert-OH is 1. The zero-order valence-corrected chi connectivity index (χ0v) is 10.8. The smallest absolute Gasteiger partial charge is 0.257 e. The molecular formula is C13H18FNO4. The molecule has 1 atom stereocenters. The van der Waals surface area contributed by atoms with Crippen LogP contribution in [-0.2, 0) is 9.53 Å². The van der Waals surface area contributed by atoms with Crippen molar-refractivity contribution in [1.29, 1.82) is 0 Å². The number of ether oxygens (including phenoxy) is 2. The molecule has 1 unspecified atom stereocenters. The summed E-state index contributed by atoms with van der Waals surface area (Å²) < 4.78 is 22.7. The number of halogens is 1. The van der Waals surface area contributed by atoms with Gasteiger partial charge < -0.3 is 19.9 Å². The summed E-state index contributed by atoms with van der Waals surface area (Å²) in [6, 6.07) is 5.57. The van der Waals surface area contributed by atoms with Crippen LogP contribution in [-0.4, -0.2) is 44.0 Å². The third kappa shape index (κ3) is 6.73. The van der Waals surface area contributed by atoms with E-state index >= 15 is 0 Å². The first-order valence-corrected chi connectivity index (χ1v) is 5.94. The van der Waals surface area contributed by atoms with E-state index in [1.807, 2.05) is 0 Å². The number of hydrogen-bond donors (Lipinski definition) is 2. The van der Waals surface area contributed by atoms with Crippen LogP contribution in [0.3, 0.4) is 0 Å². The van der Waals surface area contributed by atoms with Crippen LogP contribution in [0, 0.1) is 5.82 Å². The van der Waals surface area contributed by atoms with Gasteiger partial charge in [-0.05, 0) is 18.6 Å². The maximum absolute atomic E-state index is 12.8. The van der Waals surface area contributed by atoms with Crippen molar-refractivity contribution < 1.29 is 23.8 Å². The van der Waals surface area contributed by atoms with Crippen LogP contribution < -0.4 is 10.1 Å². The lowest BCUT2D eigenvalue weighted by atomic mass is 10.2. The summed E-state index contributed by atoms with van der Waals surface area (Å²) in [6.45, 7) is 0.370. The van der Waals surface area contributed by atoms with Gasteiger partial charge >= 0.3 is 0 Å². The van der Waals surface area contributed by atoms with Gasteiger partial charge in [-0.25, -0.2) is 4.39 Å². The van der Waals surface area contributed by atoms with E-state index in [0.29, 0.717) is 18.7 Å². The minimum absolute atomic E-state index is 0.191. The lowest BCUT2D eigenvalue weighted by molar-refractivity contribution is -0.123. The fourth-order valence-electron chi connectivity index (χ4n) is 1.41. The molecule has 0 aliphatic rings. The number of carbonyl (C=O) groups is 1. The average Bonchev–Trinajstić information content (AvgIpc) is 2.37. The minimum Gasteiger partial charge on any atom is -0.484 e. The van der Waals surface area contributed by atoms with Gasteiger partial charge in [0.2, 0.25) is 0 Å². The molecule has 0 heterocycles. The Morgan fingerprint density at radius 2 is 2.32 bits per heavy atom. The molecule has 0 bridgehead atoms. The number of amides is 1.